The van der Waals surface area contributed by atoms with E-state index in [9.17, 15) is 14.4 Å². The molecular weight excluding hydrogens is 556 g/mol. The van der Waals surface area contributed by atoms with E-state index in [0.717, 1.165) is 82.1 Å². The third kappa shape index (κ3) is 7.56. The van der Waals surface area contributed by atoms with E-state index in [2.05, 4.69) is 26.3 Å². The highest BCUT2D eigenvalue weighted by Gasteiger charge is 2.45. The Kier molecular flexibility index (Phi) is 9.85. The Morgan fingerprint density at radius 3 is 2.43 bits per heavy atom. The third-order valence-corrected chi connectivity index (χ3v) is 9.26. The number of Topliss-reactive ketones (excluding diaryl/α,β-unsaturated/α-hetero) is 1. The molecule has 1 N–H and O–H groups in total. The molecule has 2 atom stereocenters. The second kappa shape index (κ2) is 13.6. The van der Waals surface area contributed by atoms with Gasteiger partial charge in [0.25, 0.3) is 5.91 Å². The molecule has 1 aromatic rings. The molecule has 0 radical (unpaired) electrons. The van der Waals surface area contributed by atoms with E-state index in [4.69, 9.17) is 9.73 Å². The number of ketones is 1. The number of aromatic nitrogens is 1. The predicted molar refractivity (Wildman–Crippen MR) is 173 cm³/mol. The quantitative estimate of drug-likeness (QED) is 0.219. The van der Waals surface area contributed by atoms with Crippen molar-refractivity contribution in [1.82, 2.24) is 9.88 Å². The summed E-state index contributed by atoms with van der Waals surface area (Å²) in [5, 5.41) is 3.24. The predicted octanol–water partition coefficient (Wildman–Crippen LogP) is 5.69. The van der Waals surface area contributed by atoms with E-state index >= 15 is 0 Å². The minimum atomic E-state index is -0.415. The number of piperidine rings is 1. The minimum absolute atomic E-state index is 0.0905. The van der Waals surface area contributed by atoms with Crippen LogP contribution in [0.2, 0.25) is 0 Å². The van der Waals surface area contributed by atoms with Crippen molar-refractivity contribution < 1.29 is 19.1 Å². The molecule has 238 valence electrons. The number of guanidine groups is 1. The van der Waals surface area contributed by atoms with Crippen molar-refractivity contribution in [2.45, 2.75) is 117 Å². The number of hydrogen-bond acceptors (Lipinski definition) is 9. The number of nitrogens with one attached hydrogen (secondary N) is 1. The largest absolute Gasteiger partial charge is 0.460 e. The Hall–Kier alpha value is -3.56. The summed E-state index contributed by atoms with van der Waals surface area (Å²) in [5.41, 5.74) is 1.72. The SMILES string of the molecule is CC(=O)C1=C(C)C2C=NC(Nc3ccc(N4CCC(CCCCC(=O)OC(C)(C)C)CC4)cn3)=NC2N(C2CCCC2)C1=O. The van der Waals surface area contributed by atoms with Crippen LogP contribution in [-0.4, -0.2) is 70.6 Å². The average molecular weight is 605 g/mol. The molecule has 10 nitrogen and oxygen atoms in total. The highest BCUT2D eigenvalue weighted by atomic mass is 16.6. The summed E-state index contributed by atoms with van der Waals surface area (Å²) in [6.45, 7) is 11.0. The molecule has 4 aliphatic rings. The van der Waals surface area contributed by atoms with E-state index in [1.54, 1.807) is 0 Å². The lowest BCUT2D eigenvalue weighted by Crippen LogP contribution is -2.55. The Morgan fingerprint density at radius 2 is 1.80 bits per heavy atom. The topological polar surface area (TPSA) is 117 Å². The van der Waals surface area contributed by atoms with Gasteiger partial charge in [-0.05, 0) is 90.3 Å². The van der Waals surface area contributed by atoms with Crippen LogP contribution in [0.1, 0.15) is 98.8 Å². The number of fused-ring (bicyclic) bond motifs is 1. The van der Waals surface area contributed by atoms with Crippen molar-refractivity contribution in [3.8, 4) is 0 Å². The zero-order chi connectivity index (χ0) is 31.4. The number of ether oxygens (including phenoxy) is 1. The van der Waals surface area contributed by atoms with Gasteiger partial charge in [0.05, 0.1) is 23.4 Å². The summed E-state index contributed by atoms with van der Waals surface area (Å²) in [7, 11) is 0. The number of carbonyl (C=O) groups is 3. The van der Waals surface area contributed by atoms with E-state index in [1.165, 1.54) is 6.92 Å². The van der Waals surface area contributed by atoms with Crippen molar-refractivity contribution >= 4 is 41.3 Å². The molecule has 0 bridgehead atoms. The lowest BCUT2D eigenvalue weighted by Gasteiger charge is -2.43. The molecule has 10 heteroatoms. The van der Waals surface area contributed by atoms with E-state index in [1.807, 2.05) is 51.1 Å². The number of nitrogens with zero attached hydrogens (tertiary/aromatic N) is 5. The Morgan fingerprint density at radius 1 is 1.07 bits per heavy atom. The zero-order valence-corrected chi connectivity index (χ0v) is 27.0. The fourth-order valence-corrected chi connectivity index (χ4v) is 7.02. The second-order valence-electron chi connectivity index (χ2n) is 13.7. The first kappa shape index (κ1) is 31.9. The molecule has 2 fully saturated rings. The molecule has 2 unspecified atom stereocenters. The van der Waals surface area contributed by atoms with Gasteiger partial charge in [0.2, 0.25) is 5.96 Å². The van der Waals surface area contributed by atoms with Gasteiger partial charge in [-0.15, -0.1) is 0 Å². The van der Waals surface area contributed by atoms with Gasteiger partial charge in [-0.25, -0.2) is 15.0 Å². The Bertz CT molecular complexity index is 1310. The van der Waals surface area contributed by atoms with Crippen LogP contribution in [0, 0.1) is 11.8 Å². The summed E-state index contributed by atoms with van der Waals surface area (Å²) in [5.74, 6) is 1.05. The summed E-state index contributed by atoms with van der Waals surface area (Å²) in [6, 6.07) is 4.11. The van der Waals surface area contributed by atoms with Crippen molar-refractivity contribution in [3.05, 3.63) is 29.5 Å². The van der Waals surface area contributed by atoms with Crippen LogP contribution in [0.15, 0.2) is 39.5 Å². The van der Waals surface area contributed by atoms with Crippen LogP contribution in [-0.2, 0) is 19.1 Å². The summed E-state index contributed by atoms with van der Waals surface area (Å²) in [6.07, 6.45) is 13.2. The normalized spacial score (nSPS) is 23.1. The van der Waals surface area contributed by atoms with Crippen molar-refractivity contribution in [2.24, 2.45) is 21.8 Å². The maximum atomic E-state index is 13.5. The van der Waals surface area contributed by atoms with Crippen LogP contribution >= 0.6 is 0 Å². The fraction of sp³-hybridized carbons (Fsp3) is 0.647. The molecule has 3 aliphatic heterocycles. The highest BCUT2D eigenvalue weighted by molar-refractivity contribution is 6.20. The second-order valence-corrected chi connectivity index (χ2v) is 13.7. The maximum absolute atomic E-state index is 13.5. The number of pyridine rings is 1. The number of anilines is 2. The number of esters is 1. The number of aliphatic imine (C=N–C) groups is 2. The lowest BCUT2D eigenvalue weighted by atomic mass is 9.85. The first-order valence-corrected chi connectivity index (χ1v) is 16.4. The van der Waals surface area contributed by atoms with Gasteiger partial charge in [0.1, 0.15) is 17.6 Å². The third-order valence-electron chi connectivity index (χ3n) is 9.26. The van der Waals surface area contributed by atoms with Gasteiger partial charge in [0, 0.05) is 31.8 Å². The number of unbranched alkanes of at least 4 members (excludes halogenated alkanes) is 1. The van der Waals surface area contributed by atoms with Gasteiger partial charge in [-0.3, -0.25) is 14.4 Å². The minimum Gasteiger partial charge on any atom is -0.460 e. The van der Waals surface area contributed by atoms with E-state index < -0.39 is 11.8 Å². The summed E-state index contributed by atoms with van der Waals surface area (Å²) < 4.78 is 5.41. The molecule has 5 rings (SSSR count). The zero-order valence-electron chi connectivity index (χ0n) is 27.0. The number of carbonyl (C=O) groups excluding carboxylic acids is 3. The van der Waals surface area contributed by atoms with Gasteiger partial charge in [-0.2, -0.15) is 0 Å². The fourth-order valence-electron chi connectivity index (χ4n) is 7.02. The molecule has 0 aromatic carbocycles. The summed E-state index contributed by atoms with van der Waals surface area (Å²) >= 11 is 0. The van der Waals surface area contributed by atoms with Gasteiger partial charge in [0.15, 0.2) is 5.78 Å². The van der Waals surface area contributed by atoms with Crippen LogP contribution < -0.4 is 10.2 Å². The molecule has 1 aromatic heterocycles. The molecule has 1 saturated heterocycles. The smallest absolute Gasteiger partial charge is 0.306 e. The average Bonchev–Trinajstić information content (AvgIpc) is 3.50. The number of hydrogen-bond donors (Lipinski definition) is 1. The molecule has 1 aliphatic carbocycles. The van der Waals surface area contributed by atoms with E-state index in [0.29, 0.717) is 24.1 Å². The monoisotopic (exact) mass is 604 g/mol. The van der Waals surface area contributed by atoms with Crippen molar-refractivity contribution in [1.29, 1.82) is 0 Å². The molecule has 44 heavy (non-hydrogen) atoms. The Labute approximate surface area is 261 Å². The van der Waals surface area contributed by atoms with Crippen molar-refractivity contribution in [2.75, 3.05) is 23.3 Å². The molecule has 1 amide bonds. The van der Waals surface area contributed by atoms with Crippen LogP contribution in [0.3, 0.4) is 0 Å². The summed E-state index contributed by atoms with van der Waals surface area (Å²) in [4.78, 5) is 56.2. The van der Waals surface area contributed by atoms with Crippen molar-refractivity contribution in [3.63, 3.8) is 0 Å². The maximum Gasteiger partial charge on any atom is 0.306 e. The molecule has 4 heterocycles. The van der Waals surface area contributed by atoms with Gasteiger partial charge >= 0.3 is 5.97 Å². The molecule has 0 spiro atoms. The highest BCUT2D eigenvalue weighted by Crippen LogP contribution is 2.37. The number of rotatable bonds is 9. The first-order valence-electron chi connectivity index (χ1n) is 16.4. The molecule has 1 saturated carbocycles. The standard InChI is InChI=1S/C34H48N6O4/c1-22-27-21-36-33(38-31(27)40(25-11-7-8-12-25)32(43)30(22)23(2)41)37-28-15-14-26(20-35-28)39-18-16-24(17-19-39)10-6-9-13-29(42)44-34(3,4)5/h14-15,20-21,24-25,27,31H,6-13,16-19H2,1-5H3,(H,35,37,38). The number of amides is 1. The lowest BCUT2D eigenvalue weighted by molar-refractivity contribution is -0.155. The molecular formula is C34H48N6O4. The van der Waals surface area contributed by atoms with Crippen LogP contribution in [0.25, 0.3) is 0 Å². The van der Waals surface area contributed by atoms with Crippen LogP contribution in [0.4, 0.5) is 11.5 Å². The van der Waals surface area contributed by atoms with E-state index in [-0.39, 0.29) is 35.2 Å². The van der Waals surface area contributed by atoms with Crippen LogP contribution in [0.5, 0.6) is 0 Å². The first-order chi connectivity index (χ1) is 21.0. The van der Waals surface area contributed by atoms with Gasteiger partial charge < -0.3 is 19.9 Å². The van der Waals surface area contributed by atoms with Gasteiger partial charge in [-0.1, -0.05) is 25.7 Å². The Balaban J connectivity index is 1.14.